The average Bonchev–Trinajstić information content (AvgIpc) is 2.50. The number of halogens is 1. The number of H-pyrrole nitrogens is 1. The van der Waals surface area contributed by atoms with Gasteiger partial charge in [0.2, 0.25) is 0 Å². The minimum absolute atomic E-state index is 0.407. The molecule has 3 N–H and O–H groups in total. The quantitative estimate of drug-likeness (QED) is 0.792. The summed E-state index contributed by atoms with van der Waals surface area (Å²) in [5.41, 5.74) is 6.50. The Bertz CT molecular complexity index is 517. The van der Waals surface area contributed by atoms with Crippen LogP contribution in [0.1, 0.15) is 0 Å². The largest absolute Gasteiger partial charge is 0.384 e. The van der Waals surface area contributed by atoms with E-state index in [0.29, 0.717) is 10.6 Å². The third-order valence-electron chi connectivity index (χ3n) is 1.60. The van der Waals surface area contributed by atoms with Crippen molar-refractivity contribution in [3.8, 4) is 10.6 Å². The second-order valence-electron chi connectivity index (χ2n) is 2.63. The highest BCUT2D eigenvalue weighted by Gasteiger charge is 2.02. The Balaban J connectivity index is 2.56. The van der Waals surface area contributed by atoms with Crippen molar-refractivity contribution in [1.82, 2.24) is 9.97 Å². The highest BCUT2D eigenvalue weighted by atomic mass is 79.9. The molecule has 2 heterocycles. The lowest BCUT2D eigenvalue weighted by Gasteiger charge is -1.98. The zero-order chi connectivity index (χ0) is 10.1. The summed E-state index contributed by atoms with van der Waals surface area (Å²) in [6.45, 7) is 0. The molecule has 0 radical (unpaired) electrons. The molecule has 0 unspecified atom stereocenters. The summed E-state index contributed by atoms with van der Waals surface area (Å²) in [5.74, 6) is 0.438. The van der Waals surface area contributed by atoms with E-state index in [1.807, 2.05) is 12.1 Å². The number of nitrogens with one attached hydrogen (secondary N) is 1. The van der Waals surface area contributed by atoms with E-state index in [-0.39, 0.29) is 0 Å². The summed E-state index contributed by atoms with van der Waals surface area (Å²) < 4.78 is 1.48. The zero-order valence-electron chi connectivity index (χ0n) is 6.95. The third kappa shape index (κ3) is 2.02. The maximum absolute atomic E-state index is 5.60. The summed E-state index contributed by atoms with van der Waals surface area (Å²) in [6.07, 6.45) is 0. The number of hydrogen-bond donors (Lipinski definition) is 2. The van der Waals surface area contributed by atoms with Gasteiger partial charge >= 0.3 is 0 Å². The fraction of sp³-hybridized carbons (Fsp3) is 0. The van der Waals surface area contributed by atoms with Gasteiger partial charge in [0.15, 0.2) is 4.77 Å². The van der Waals surface area contributed by atoms with E-state index >= 15 is 0 Å². The van der Waals surface area contributed by atoms with Crippen LogP contribution >= 0.6 is 39.5 Å². The van der Waals surface area contributed by atoms with Crippen molar-refractivity contribution >= 4 is 45.3 Å². The first-order valence-corrected chi connectivity index (χ1v) is 5.79. The summed E-state index contributed by atoms with van der Waals surface area (Å²) >= 11 is 9.95. The molecular weight excluding hydrogens is 282 g/mol. The molecule has 0 spiro atoms. The predicted octanol–water partition coefficient (Wildman–Crippen LogP) is 3.21. The fourth-order valence-electron chi connectivity index (χ4n) is 1.07. The van der Waals surface area contributed by atoms with Crippen LogP contribution in [0.5, 0.6) is 0 Å². The van der Waals surface area contributed by atoms with Crippen LogP contribution in [0.15, 0.2) is 22.0 Å². The van der Waals surface area contributed by atoms with E-state index in [1.165, 1.54) is 0 Å². The Hall–Kier alpha value is -0.720. The van der Waals surface area contributed by atoms with Crippen molar-refractivity contribution in [3.05, 3.63) is 26.8 Å². The number of thiophene rings is 1. The number of aromatic amines is 1. The lowest BCUT2D eigenvalue weighted by atomic mass is 10.3. The van der Waals surface area contributed by atoms with Crippen LogP contribution in [-0.2, 0) is 0 Å². The Morgan fingerprint density at radius 1 is 1.50 bits per heavy atom. The van der Waals surface area contributed by atoms with Gasteiger partial charge in [-0.2, -0.15) is 0 Å². The van der Waals surface area contributed by atoms with Gasteiger partial charge in [0.25, 0.3) is 0 Å². The highest BCUT2D eigenvalue weighted by molar-refractivity contribution is 9.11. The molecule has 0 saturated carbocycles. The van der Waals surface area contributed by atoms with E-state index in [4.69, 9.17) is 18.0 Å². The number of anilines is 1. The van der Waals surface area contributed by atoms with Crippen molar-refractivity contribution in [2.45, 2.75) is 0 Å². The van der Waals surface area contributed by atoms with Gasteiger partial charge in [-0.3, -0.25) is 0 Å². The Morgan fingerprint density at radius 3 is 2.86 bits per heavy atom. The van der Waals surface area contributed by atoms with Gasteiger partial charge in [-0.05, 0) is 40.3 Å². The number of nitrogen functional groups attached to an aromatic ring is 1. The molecule has 6 heteroatoms. The molecule has 2 rings (SSSR count). The third-order valence-corrected chi connectivity index (χ3v) is 3.45. The summed E-state index contributed by atoms with van der Waals surface area (Å²) in [7, 11) is 0. The van der Waals surface area contributed by atoms with Gasteiger partial charge in [0.1, 0.15) is 5.82 Å². The lowest BCUT2D eigenvalue weighted by Crippen LogP contribution is -1.93. The van der Waals surface area contributed by atoms with Crippen molar-refractivity contribution < 1.29 is 0 Å². The molecular formula is C8H6BrN3S2. The van der Waals surface area contributed by atoms with Crippen LogP contribution in [0.4, 0.5) is 5.82 Å². The fourth-order valence-corrected chi connectivity index (χ4v) is 2.64. The standard InChI is InChI=1S/C8H6BrN3S2/c9-6-2-1-5(14-6)4-3-7(10)12-8(13)11-4/h1-3H,(H3,10,11,12,13). The van der Waals surface area contributed by atoms with Crippen molar-refractivity contribution in [2.24, 2.45) is 0 Å². The van der Waals surface area contributed by atoms with Gasteiger partial charge < -0.3 is 10.7 Å². The van der Waals surface area contributed by atoms with E-state index < -0.39 is 0 Å². The second kappa shape index (κ2) is 3.80. The molecule has 0 fully saturated rings. The summed E-state index contributed by atoms with van der Waals surface area (Å²) in [4.78, 5) is 7.97. The molecule has 0 saturated heterocycles. The molecule has 0 aliphatic carbocycles. The molecule has 0 aliphatic heterocycles. The molecule has 2 aromatic heterocycles. The van der Waals surface area contributed by atoms with Crippen LogP contribution in [0, 0.1) is 4.77 Å². The topological polar surface area (TPSA) is 54.7 Å². The zero-order valence-corrected chi connectivity index (χ0v) is 10.2. The first-order chi connectivity index (χ1) is 6.65. The number of nitrogens with zero attached hydrogens (tertiary/aromatic N) is 1. The van der Waals surface area contributed by atoms with E-state index in [2.05, 4.69) is 25.9 Å². The molecule has 0 atom stereocenters. The van der Waals surface area contributed by atoms with Crippen molar-refractivity contribution in [1.29, 1.82) is 0 Å². The van der Waals surface area contributed by atoms with Gasteiger partial charge in [-0.25, -0.2) is 4.98 Å². The van der Waals surface area contributed by atoms with E-state index in [0.717, 1.165) is 14.4 Å². The van der Waals surface area contributed by atoms with Gasteiger partial charge in [-0.15, -0.1) is 11.3 Å². The maximum atomic E-state index is 5.60. The lowest BCUT2D eigenvalue weighted by molar-refractivity contribution is 1.15. The number of hydrogen-bond acceptors (Lipinski definition) is 4. The molecule has 0 aromatic carbocycles. The summed E-state index contributed by atoms with van der Waals surface area (Å²) in [6, 6.07) is 5.75. The van der Waals surface area contributed by atoms with E-state index in [1.54, 1.807) is 17.4 Å². The molecule has 14 heavy (non-hydrogen) atoms. The Morgan fingerprint density at radius 2 is 2.29 bits per heavy atom. The highest BCUT2D eigenvalue weighted by Crippen LogP contribution is 2.30. The number of rotatable bonds is 1. The second-order valence-corrected chi connectivity index (χ2v) is 5.48. The smallest absolute Gasteiger partial charge is 0.199 e. The van der Waals surface area contributed by atoms with Crippen LogP contribution in [0.3, 0.4) is 0 Å². The molecule has 3 nitrogen and oxygen atoms in total. The Kier molecular flexibility index (Phi) is 2.66. The first kappa shape index (κ1) is 9.82. The van der Waals surface area contributed by atoms with Crippen LogP contribution < -0.4 is 5.73 Å². The van der Waals surface area contributed by atoms with E-state index in [9.17, 15) is 0 Å². The van der Waals surface area contributed by atoms with Crippen LogP contribution in [0.25, 0.3) is 10.6 Å². The number of aromatic nitrogens is 2. The van der Waals surface area contributed by atoms with Gasteiger partial charge in [0.05, 0.1) is 14.4 Å². The molecule has 0 amide bonds. The normalized spacial score (nSPS) is 10.4. The minimum atomic E-state index is 0.407. The van der Waals surface area contributed by atoms with Crippen LogP contribution in [-0.4, -0.2) is 9.97 Å². The first-order valence-electron chi connectivity index (χ1n) is 3.78. The molecule has 0 aliphatic rings. The van der Waals surface area contributed by atoms with Crippen LogP contribution in [0.2, 0.25) is 0 Å². The number of nitrogens with two attached hydrogens (primary N) is 1. The van der Waals surface area contributed by atoms with Gasteiger partial charge in [-0.1, -0.05) is 0 Å². The molecule has 72 valence electrons. The maximum Gasteiger partial charge on any atom is 0.199 e. The van der Waals surface area contributed by atoms with Crippen molar-refractivity contribution in [3.63, 3.8) is 0 Å². The molecule has 0 bridgehead atoms. The Labute approximate surface area is 98.1 Å². The molecule has 2 aromatic rings. The summed E-state index contributed by atoms with van der Waals surface area (Å²) in [5, 5.41) is 0. The van der Waals surface area contributed by atoms with Crippen molar-refractivity contribution in [2.75, 3.05) is 5.73 Å². The minimum Gasteiger partial charge on any atom is -0.384 e. The SMILES string of the molecule is Nc1cc(-c2ccc(Br)s2)[nH]c(=S)n1. The van der Waals surface area contributed by atoms with Gasteiger partial charge in [0, 0.05) is 6.07 Å². The predicted molar refractivity (Wildman–Crippen MR) is 64.8 cm³/mol. The monoisotopic (exact) mass is 287 g/mol. The average molecular weight is 288 g/mol.